The van der Waals surface area contributed by atoms with E-state index in [9.17, 15) is 15.3 Å². The Morgan fingerprint density at radius 3 is 2.67 bits per heavy atom. The van der Waals surface area contributed by atoms with E-state index < -0.39 is 17.8 Å². The van der Waals surface area contributed by atoms with Gasteiger partial charge in [-0.15, -0.1) is 0 Å². The smallest absolute Gasteiger partial charge is 0.0811 e. The molecule has 0 saturated heterocycles. The van der Waals surface area contributed by atoms with E-state index in [1.54, 1.807) is 5.57 Å². The molecule has 0 heterocycles. The molecule has 0 radical (unpaired) electrons. The van der Waals surface area contributed by atoms with Crippen LogP contribution in [0.15, 0.2) is 35.5 Å². The van der Waals surface area contributed by atoms with Crippen LogP contribution in [0.25, 0.3) is 0 Å². The summed E-state index contributed by atoms with van der Waals surface area (Å²) in [5.74, 6) is 2.11. The summed E-state index contributed by atoms with van der Waals surface area (Å²) in [5.41, 5.74) is 3.17. The van der Waals surface area contributed by atoms with Gasteiger partial charge >= 0.3 is 0 Å². The molecule has 0 bridgehead atoms. The van der Waals surface area contributed by atoms with Crippen LogP contribution in [0.4, 0.5) is 0 Å². The number of aliphatic hydroxyl groups excluding tert-OH is 2. The highest BCUT2D eigenvalue weighted by atomic mass is 16.3. The quantitative estimate of drug-likeness (QED) is 0.520. The molecule has 3 aliphatic carbocycles. The predicted octanol–water partition coefficient (Wildman–Crippen LogP) is 5.70. The highest BCUT2D eigenvalue weighted by Gasteiger charge is 2.50. The van der Waals surface area contributed by atoms with Crippen LogP contribution in [0.1, 0.15) is 91.9 Å². The molecule has 30 heavy (non-hydrogen) atoms. The molecule has 3 rings (SSSR count). The molecule has 0 amide bonds. The van der Waals surface area contributed by atoms with E-state index in [0.717, 1.165) is 29.9 Å². The number of rotatable bonds is 6. The van der Waals surface area contributed by atoms with Crippen molar-refractivity contribution in [2.45, 2.75) is 110 Å². The van der Waals surface area contributed by atoms with Gasteiger partial charge in [-0.2, -0.15) is 0 Å². The molecule has 4 unspecified atom stereocenters. The first-order valence-corrected chi connectivity index (χ1v) is 12.2. The summed E-state index contributed by atoms with van der Waals surface area (Å²) in [6, 6.07) is 0. The third-order valence-electron chi connectivity index (χ3n) is 8.44. The maximum atomic E-state index is 10.1. The van der Waals surface area contributed by atoms with Gasteiger partial charge in [0.2, 0.25) is 0 Å². The third kappa shape index (κ3) is 5.29. The minimum absolute atomic E-state index is 0.374. The Bertz CT molecular complexity index is 683. The van der Waals surface area contributed by atoms with Gasteiger partial charge in [-0.1, -0.05) is 51.0 Å². The zero-order valence-electron chi connectivity index (χ0n) is 19.7. The van der Waals surface area contributed by atoms with E-state index >= 15 is 0 Å². The van der Waals surface area contributed by atoms with Gasteiger partial charge in [0.1, 0.15) is 0 Å². The Balaban J connectivity index is 1.70. The van der Waals surface area contributed by atoms with Gasteiger partial charge in [-0.25, -0.2) is 0 Å². The molecule has 6 atom stereocenters. The summed E-state index contributed by atoms with van der Waals surface area (Å²) >= 11 is 0. The van der Waals surface area contributed by atoms with Crippen molar-refractivity contribution in [3.05, 3.63) is 35.5 Å². The van der Waals surface area contributed by atoms with E-state index in [4.69, 9.17) is 0 Å². The Labute approximate surface area is 184 Å². The average Bonchev–Trinajstić information content (AvgIpc) is 3.00. The molecule has 3 saturated carbocycles. The monoisotopic (exact) mass is 416 g/mol. The molecule has 3 N–H and O–H groups in total. The second kappa shape index (κ2) is 9.30. The first-order valence-electron chi connectivity index (χ1n) is 12.2. The lowest BCUT2D eigenvalue weighted by atomic mass is 9.60. The summed E-state index contributed by atoms with van der Waals surface area (Å²) in [7, 11) is 0. The normalized spacial score (nSPS) is 38.8. The molecule has 3 heteroatoms. The van der Waals surface area contributed by atoms with Crippen molar-refractivity contribution >= 4 is 0 Å². The number of aliphatic hydroxyl groups is 3. The van der Waals surface area contributed by atoms with Crippen molar-refractivity contribution in [1.29, 1.82) is 0 Å². The van der Waals surface area contributed by atoms with E-state index in [2.05, 4.69) is 32.6 Å². The van der Waals surface area contributed by atoms with Crippen LogP contribution in [0, 0.1) is 23.2 Å². The first-order chi connectivity index (χ1) is 14.0. The van der Waals surface area contributed by atoms with Crippen LogP contribution in [0.3, 0.4) is 0 Å². The van der Waals surface area contributed by atoms with Gasteiger partial charge in [0.05, 0.1) is 17.8 Å². The van der Waals surface area contributed by atoms with Crippen molar-refractivity contribution in [3.63, 3.8) is 0 Å². The molecule has 0 spiro atoms. The van der Waals surface area contributed by atoms with Crippen molar-refractivity contribution in [2.75, 3.05) is 0 Å². The summed E-state index contributed by atoms with van der Waals surface area (Å²) in [6.45, 7) is 12.8. The van der Waals surface area contributed by atoms with Gasteiger partial charge in [0.15, 0.2) is 0 Å². The molecule has 3 fully saturated rings. The highest BCUT2D eigenvalue weighted by Crippen LogP contribution is 2.60. The fourth-order valence-corrected chi connectivity index (χ4v) is 6.74. The van der Waals surface area contributed by atoms with Crippen LogP contribution < -0.4 is 0 Å². The SMILES string of the molecule is C=C1/C(=C\C=C2/CCC[C@@]3(C)C2CC[C@@H]3C(C)CCCC(C)(C)O)CC(O)CC1O. The van der Waals surface area contributed by atoms with Gasteiger partial charge < -0.3 is 15.3 Å². The average molecular weight is 417 g/mol. The van der Waals surface area contributed by atoms with E-state index in [1.165, 1.54) is 38.5 Å². The van der Waals surface area contributed by atoms with Gasteiger partial charge in [0.25, 0.3) is 0 Å². The molecule has 0 aliphatic heterocycles. The van der Waals surface area contributed by atoms with Crippen molar-refractivity contribution in [3.8, 4) is 0 Å². The van der Waals surface area contributed by atoms with Crippen molar-refractivity contribution in [2.24, 2.45) is 23.2 Å². The maximum absolute atomic E-state index is 10.1. The number of fused-ring (bicyclic) bond motifs is 1. The molecule has 0 aromatic carbocycles. The second-order valence-corrected chi connectivity index (χ2v) is 11.3. The Kier molecular flexibility index (Phi) is 7.37. The van der Waals surface area contributed by atoms with Gasteiger partial charge in [0, 0.05) is 6.42 Å². The van der Waals surface area contributed by atoms with Crippen molar-refractivity contribution in [1.82, 2.24) is 0 Å². The minimum atomic E-state index is -0.615. The molecule has 3 nitrogen and oxygen atoms in total. The van der Waals surface area contributed by atoms with Crippen LogP contribution in [0.5, 0.6) is 0 Å². The molecule has 3 aliphatic rings. The summed E-state index contributed by atoms with van der Waals surface area (Å²) < 4.78 is 0. The summed E-state index contributed by atoms with van der Waals surface area (Å²) in [4.78, 5) is 0. The zero-order chi connectivity index (χ0) is 22.1. The summed E-state index contributed by atoms with van der Waals surface area (Å²) in [5, 5.41) is 30.2. The highest BCUT2D eigenvalue weighted by molar-refractivity contribution is 5.38. The maximum Gasteiger partial charge on any atom is 0.0811 e. The Morgan fingerprint density at radius 1 is 1.23 bits per heavy atom. The van der Waals surface area contributed by atoms with Gasteiger partial charge in [-0.05, 0) is 93.1 Å². The molecular weight excluding hydrogens is 372 g/mol. The molecule has 0 aromatic heterocycles. The van der Waals surface area contributed by atoms with E-state index in [-0.39, 0.29) is 0 Å². The van der Waals surface area contributed by atoms with Crippen LogP contribution in [-0.4, -0.2) is 33.1 Å². The predicted molar refractivity (Wildman–Crippen MR) is 124 cm³/mol. The van der Waals surface area contributed by atoms with Crippen molar-refractivity contribution < 1.29 is 15.3 Å². The molecule has 170 valence electrons. The molecular formula is C27H44O3. The lowest BCUT2D eigenvalue weighted by Crippen LogP contribution is -2.36. The number of hydrogen-bond donors (Lipinski definition) is 3. The molecule has 0 aromatic rings. The Hall–Kier alpha value is -0.900. The lowest BCUT2D eigenvalue weighted by Gasteiger charge is -2.44. The fraction of sp³-hybridized carbons (Fsp3) is 0.778. The zero-order valence-corrected chi connectivity index (χ0v) is 19.7. The standard InChI is InChI=1S/C27H44O3/c1-18(8-6-14-26(3,4)30)23-12-13-24-20(9-7-15-27(23,24)5)10-11-21-16-22(28)17-25(29)19(21)2/h10-11,18,22-25,28-30H,2,6-9,12-17H2,1,3-5H3/b20-10+,21-11-/t18?,22?,23-,24?,25?,27-/m1/s1. The summed E-state index contributed by atoms with van der Waals surface area (Å²) in [6.07, 6.45) is 13.9. The van der Waals surface area contributed by atoms with E-state index in [0.29, 0.717) is 30.1 Å². The minimum Gasteiger partial charge on any atom is -0.393 e. The lowest BCUT2D eigenvalue weighted by molar-refractivity contribution is 0.0596. The second-order valence-electron chi connectivity index (χ2n) is 11.3. The fourth-order valence-electron chi connectivity index (χ4n) is 6.74. The topological polar surface area (TPSA) is 60.7 Å². The van der Waals surface area contributed by atoms with Crippen LogP contribution in [0.2, 0.25) is 0 Å². The number of hydrogen-bond acceptors (Lipinski definition) is 3. The first kappa shape index (κ1) is 23.8. The largest absolute Gasteiger partial charge is 0.393 e. The Morgan fingerprint density at radius 2 is 1.97 bits per heavy atom. The van der Waals surface area contributed by atoms with Crippen LogP contribution >= 0.6 is 0 Å². The van der Waals surface area contributed by atoms with Gasteiger partial charge in [-0.3, -0.25) is 0 Å². The third-order valence-corrected chi connectivity index (χ3v) is 8.44. The van der Waals surface area contributed by atoms with E-state index in [1.807, 2.05) is 13.8 Å². The van der Waals surface area contributed by atoms with Crippen LogP contribution in [-0.2, 0) is 0 Å². The number of allylic oxidation sites excluding steroid dienone is 3.